The van der Waals surface area contributed by atoms with Crippen molar-refractivity contribution in [3.63, 3.8) is 0 Å². The number of carbonyl (C=O) groups excluding carboxylic acids is 1. The zero-order chi connectivity index (χ0) is 19.4. The smallest absolute Gasteiger partial charge is 0.268 e. The molecular formula is C21H19ClN2O3. The van der Waals surface area contributed by atoms with E-state index in [4.69, 9.17) is 16.3 Å². The van der Waals surface area contributed by atoms with Gasteiger partial charge in [0, 0.05) is 17.3 Å². The first-order chi connectivity index (χ1) is 13.0. The van der Waals surface area contributed by atoms with Crippen LogP contribution in [0.5, 0.6) is 5.75 Å². The van der Waals surface area contributed by atoms with Crippen molar-refractivity contribution in [2.45, 2.75) is 13.5 Å². The Balaban J connectivity index is 1.85. The molecule has 27 heavy (non-hydrogen) atoms. The predicted octanol–water partition coefficient (Wildman–Crippen LogP) is 3.74. The predicted molar refractivity (Wildman–Crippen MR) is 106 cm³/mol. The molecular weight excluding hydrogens is 364 g/mol. The van der Waals surface area contributed by atoms with Crippen LogP contribution in [-0.2, 0) is 6.54 Å². The molecule has 0 bridgehead atoms. The van der Waals surface area contributed by atoms with Crippen LogP contribution < -0.4 is 15.6 Å². The molecule has 0 aliphatic heterocycles. The number of halogens is 1. The Hall–Kier alpha value is -3.05. The summed E-state index contributed by atoms with van der Waals surface area (Å²) in [6, 6.07) is 17.6. The number of nitrogens with one attached hydrogen (secondary N) is 1. The number of pyridine rings is 1. The molecule has 0 aliphatic rings. The summed E-state index contributed by atoms with van der Waals surface area (Å²) in [6.45, 7) is 2.12. The van der Waals surface area contributed by atoms with Crippen molar-refractivity contribution in [2.75, 3.05) is 7.11 Å². The van der Waals surface area contributed by atoms with Gasteiger partial charge in [-0.15, -0.1) is 0 Å². The molecule has 1 heterocycles. The van der Waals surface area contributed by atoms with Crippen LogP contribution in [0.1, 0.15) is 21.6 Å². The minimum Gasteiger partial charge on any atom is -0.497 e. The van der Waals surface area contributed by atoms with Gasteiger partial charge in [-0.25, -0.2) is 0 Å². The molecule has 0 spiro atoms. The highest BCUT2D eigenvalue weighted by Gasteiger charge is 2.15. The van der Waals surface area contributed by atoms with E-state index in [1.807, 2.05) is 24.3 Å². The van der Waals surface area contributed by atoms with Crippen LogP contribution in [0.2, 0.25) is 5.02 Å². The summed E-state index contributed by atoms with van der Waals surface area (Å²) in [7, 11) is 1.60. The molecule has 3 rings (SSSR count). The highest BCUT2D eigenvalue weighted by molar-refractivity contribution is 6.30. The van der Waals surface area contributed by atoms with E-state index >= 15 is 0 Å². The zero-order valence-corrected chi connectivity index (χ0v) is 15.8. The summed E-state index contributed by atoms with van der Waals surface area (Å²) >= 11 is 6.04. The fraction of sp³-hybridized carbons (Fsp3) is 0.143. The van der Waals surface area contributed by atoms with Gasteiger partial charge in [0.15, 0.2) is 0 Å². The van der Waals surface area contributed by atoms with E-state index in [1.54, 1.807) is 50.4 Å². The van der Waals surface area contributed by atoms with Crippen LogP contribution >= 0.6 is 11.6 Å². The monoisotopic (exact) mass is 382 g/mol. The van der Waals surface area contributed by atoms with Crippen LogP contribution in [0, 0.1) is 6.92 Å². The number of carbonyl (C=O) groups is 1. The lowest BCUT2D eigenvalue weighted by atomic mass is 10.2. The number of methoxy groups -OCH3 is 1. The lowest BCUT2D eigenvalue weighted by Crippen LogP contribution is -2.33. The fourth-order valence-corrected chi connectivity index (χ4v) is 2.94. The second-order valence-electron chi connectivity index (χ2n) is 6.04. The number of aromatic nitrogens is 1. The van der Waals surface area contributed by atoms with E-state index in [9.17, 15) is 9.59 Å². The Morgan fingerprint density at radius 1 is 1.11 bits per heavy atom. The third-order valence-electron chi connectivity index (χ3n) is 4.20. The van der Waals surface area contributed by atoms with Crippen molar-refractivity contribution in [3.05, 3.63) is 92.9 Å². The third kappa shape index (κ3) is 4.20. The van der Waals surface area contributed by atoms with E-state index < -0.39 is 5.91 Å². The molecule has 0 atom stereocenters. The number of hydrogen-bond acceptors (Lipinski definition) is 3. The van der Waals surface area contributed by atoms with Crippen LogP contribution in [-0.4, -0.2) is 17.6 Å². The maximum Gasteiger partial charge on any atom is 0.268 e. The van der Waals surface area contributed by atoms with Crippen LogP contribution in [0.4, 0.5) is 0 Å². The van der Waals surface area contributed by atoms with E-state index in [2.05, 4.69) is 5.32 Å². The molecule has 1 aromatic heterocycles. The first-order valence-electron chi connectivity index (χ1n) is 8.39. The topological polar surface area (TPSA) is 60.3 Å². The molecule has 0 aliphatic carbocycles. The van der Waals surface area contributed by atoms with Gasteiger partial charge in [-0.05, 0) is 55.0 Å². The number of rotatable bonds is 5. The lowest BCUT2D eigenvalue weighted by Gasteiger charge is -2.12. The van der Waals surface area contributed by atoms with Crippen molar-refractivity contribution < 1.29 is 9.53 Å². The quantitative estimate of drug-likeness (QED) is 0.731. The summed E-state index contributed by atoms with van der Waals surface area (Å²) in [4.78, 5) is 25.4. The Labute approximate surface area is 162 Å². The maximum atomic E-state index is 12.9. The van der Waals surface area contributed by atoms with Gasteiger partial charge in [0.25, 0.3) is 11.5 Å². The summed E-state index contributed by atoms with van der Waals surface area (Å²) in [5.74, 6) is 0.319. The number of nitrogens with zero attached hydrogens (tertiary/aromatic N) is 1. The zero-order valence-electron chi connectivity index (χ0n) is 15.0. The molecule has 0 fully saturated rings. The van der Waals surface area contributed by atoms with E-state index in [0.29, 0.717) is 22.9 Å². The van der Waals surface area contributed by atoms with Crippen molar-refractivity contribution in [1.82, 2.24) is 9.88 Å². The molecule has 6 heteroatoms. The third-order valence-corrected chi connectivity index (χ3v) is 4.44. The standard InChI is InChI=1S/C21H19ClN2O3/c1-14-6-11-19(21(26)24(14)17-5-3-4-16(22)12-17)20(25)23-13-15-7-9-18(27-2)10-8-15/h3-12H,13H2,1-2H3,(H,23,25). The van der Waals surface area contributed by atoms with E-state index in [-0.39, 0.29) is 11.1 Å². The second kappa shape index (κ2) is 8.10. The molecule has 0 saturated heterocycles. The molecule has 1 N–H and O–H groups in total. The van der Waals surface area contributed by atoms with E-state index in [1.165, 1.54) is 4.57 Å². The van der Waals surface area contributed by atoms with Gasteiger partial charge in [-0.1, -0.05) is 29.8 Å². The highest BCUT2D eigenvalue weighted by atomic mass is 35.5. The summed E-state index contributed by atoms with van der Waals surface area (Å²) in [5, 5.41) is 3.31. The SMILES string of the molecule is COc1ccc(CNC(=O)c2ccc(C)n(-c3cccc(Cl)c3)c2=O)cc1. The molecule has 0 saturated carbocycles. The largest absolute Gasteiger partial charge is 0.497 e. The van der Waals surface area contributed by atoms with E-state index in [0.717, 1.165) is 11.3 Å². The summed E-state index contributed by atoms with van der Waals surface area (Å²) < 4.78 is 6.59. The van der Waals surface area contributed by atoms with Crippen molar-refractivity contribution in [1.29, 1.82) is 0 Å². The highest BCUT2D eigenvalue weighted by Crippen LogP contribution is 2.15. The molecule has 5 nitrogen and oxygen atoms in total. The van der Waals surface area contributed by atoms with Gasteiger partial charge >= 0.3 is 0 Å². The fourth-order valence-electron chi connectivity index (χ4n) is 2.76. The Morgan fingerprint density at radius 3 is 2.52 bits per heavy atom. The van der Waals surface area contributed by atoms with Crippen molar-refractivity contribution in [2.24, 2.45) is 0 Å². The minimum absolute atomic E-state index is 0.0779. The van der Waals surface area contributed by atoms with Crippen molar-refractivity contribution in [3.8, 4) is 11.4 Å². The van der Waals surface area contributed by atoms with Gasteiger partial charge in [-0.3, -0.25) is 14.2 Å². The van der Waals surface area contributed by atoms with Gasteiger partial charge in [0.2, 0.25) is 0 Å². The number of ether oxygens (including phenoxy) is 1. The average Bonchev–Trinajstić information content (AvgIpc) is 2.67. The van der Waals surface area contributed by atoms with Crippen LogP contribution in [0.3, 0.4) is 0 Å². The summed E-state index contributed by atoms with van der Waals surface area (Å²) in [5.41, 5.74) is 1.94. The number of aryl methyl sites for hydroxylation is 1. The van der Waals surface area contributed by atoms with Crippen molar-refractivity contribution >= 4 is 17.5 Å². The molecule has 3 aromatic rings. The average molecular weight is 383 g/mol. The Bertz CT molecular complexity index is 1030. The lowest BCUT2D eigenvalue weighted by molar-refractivity contribution is 0.0949. The number of amides is 1. The number of benzene rings is 2. The van der Waals surface area contributed by atoms with Gasteiger partial charge in [-0.2, -0.15) is 0 Å². The van der Waals surface area contributed by atoms with Gasteiger partial charge in [0.1, 0.15) is 11.3 Å². The first-order valence-corrected chi connectivity index (χ1v) is 8.77. The molecule has 138 valence electrons. The maximum absolute atomic E-state index is 12.9. The van der Waals surface area contributed by atoms with Crippen LogP contribution in [0.15, 0.2) is 65.5 Å². The van der Waals surface area contributed by atoms with Gasteiger partial charge in [0.05, 0.1) is 12.8 Å². The molecule has 0 unspecified atom stereocenters. The second-order valence-corrected chi connectivity index (χ2v) is 6.48. The first kappa shape index (κ1) is 18.7. The normalized spacial score (nSPS) is 10.5. The molecule has 1 amide bonds. The van der Waals surface area contributed by atoms with Crippen LogP contribution in [0.25, 0.3) is 5.69 Å². The van der Waals surface area contributed by atoms with Gasteiger partial charge < -0.3 is 10.1 Å². The summed E-state index contributed by atoms with van der Waals surface area (Å²) in [6.07, 6.45) is 0. The number of hydrogen-bond donors (Lipinski definition) is 1. The molecule has 2 aromatic carbocycles. The minimum atomic E-state index is -0.424. The Morgan fingerprint density at radius 2 is 1.85 bits per heavy atom. The Kier molecular flexibility index (Phi) is 5.62. The molecule has 0 radical (unpaired) electrons.